The number of benzene rings is 1. The molecule has 1 unspecified atom stereocenters. The normalized spacial score (nSPS) is 12.5. The third kappa shape index (κ3) is 5.40. The summed E-state index contributed by atoms with van der Waals surface area (Å²) in [5.74, 6) is -1.91. The highest BCUT2D eigenvalue weighted by molar-refractivity contribution is 7.12. The highest BCUT2D eigenvalue weighted by atomic mass is 32.1. The number of fused-ring (bicyclic) bond motifs is 1. The molecule has 0 aliphatic rings. The van der Waals surface area contributed by atoms with E-state index in [0.29, 0.717) is 16.0 Å². The zero-order chi connectivity index (χ0) is 25.3. The predicted molar refractivity (Wildman–Crippen MR) is 121 cm³/mol. The summed E-state index contributed by atoms with van der Waals surface area (Å²) < 4.78 is 53.0. The maximum absolute atomic E-state index is 13.0. The molecule has 0 radical (unpaired) electrons. The Kier molecular flexibility index (Phi) is 6.43. The number of pyridine rings is 1. The molecular formula is C22H18F4N6O2S. The number of hydrogen-bond acceptors (Lipinski definition) is 6. The number of aromatic nitrogens is 3. The van der Waals surface area contributed by atoms with Crippen molar-refractivity contribution in [2.45, 2.75) is 25.7 Å². The van der Waals surface area contributed by atoms with E-state index in [1.54, 1.807) is 23.6 Å². The minimum atomic E-state index is -4.63. The number of alkyl halides is 3. The van der Waals surface area contributed by atoms with Crippen molar-refractivity contribution in [3.8, 4) is 11.1 Å². The van der Waals surface area contributed by atoms with Crippen LogP contribution in [0.15, 0.2) is 48.0 Å². The number of nitrogens with two attached hydrogens (primary N) is 1. The number of amides is 2. The second-order valence-electron chi connectivity index (χ2n) is 7.63. The maximum atomic E-state index is 13.0. The van der Waals surface area contributed by atoms with Gasteiger partial charge in [-0.05, 0) is 47.7 Å². The number of carbonyl (C=O) groups excluding carboxylic acids is 2. The van der Waals surface area contributed by atoms with E-state index in [4.69, 9.17) is 5.73 Å². The standard InChI is InChI=1S/C22H18F4N6O2S/c1-11(22(24,25)26)29-19(33)16-6-13(9-32-18(16)30-21(27)31-32)14-7-17(35-10-14)20(34)28-8-12-2-4-15(23)5-3-12/h2-7,9-11H,8H2,1H3,(H2,27,31)(H,28,34)(H,29,33). The summed E-state index contributed by atoms with van der Waals surface area (Å²) in [6.07, 6.45) is -3.12. The number of rotatable bonds is 6. The molecule has 0 fully saturated rings. The molecular weight excluding hydrogens is 488 g/mol. The molecule has 35 heavy (non-hydrogen) atoms. The Bertz CT molecular complexity index is 1400. The van der Waals surface area contributed by atoms with Gasteiger partial charge >= 0.3 is 6.18 Å². The van der Waals surface area contributed by atoms with E-state index in [0.717, 1.165) is 23.8 Å². The SMILES string of the molecule is CC(NC(=O)c1cc(-c2csc(C(=O)NCc3ccc(F)cc3)c2)cn2nc(N)nc12)C(F)(F)F. The summed E-state index contributed by atoms with van der Waals surface area (Å²) in [5.41, 5.74) is 7.13. The number of nitrogens with zero attached hydrogens (tertiary/aromatic N) is 3. The van der Waals surface area contributed by atoms with Crippen LogP contribution in [0.2, 0.25) is 0 Å². The highest BCUT2D eigenvalue weighted by Crippen LogP contribution is 2.28. The van der Waals surface area contributed by atoms with Crippen LogP contribution >= 0.6 is 11.3 Å². The van der Waals surface area contributed by atoms with Gasteiger partial charge in [-0.25, -0.2) is 8.91 Å². The van der Waals surface area contributed by atoms with Gasteiger partial charge in [0.2, 0.25) is 5.95 Å². The number of anilines is 1. The fraction of sp³-hybridized carbons (Fsp3) is 0.182. The summed E-state index contributed by atoms with van der Waals surface area (Å²) in [4.78, 5) is 29.5. The number of halogens is 4. The van der Waals surface area contributed by atoms with Gasteiger partial charge in [0, 0.05) is 18.3 Å². The van der Waals surface area contributed by atoms with Crippen LogP contribution in [0.5, 0.6) is 0 Å². The van der Waals surface area contributed by atoms with Crippen molar-refractivity contribution in [3.63, 3.8) is 0 Å². The zero-order valence-corrected chi connectivity index (χ0v) is 18.9. The third-order valence-electron chi connectivity index (χ3n) is 5.06. The predicted octanol–water partition coefficient (Wildman–Crippen LogP) is 3.79. The van der Waals surface area contributed by atoms with E-state index < -0.39 is 18.1 Å². The van der Waals surface area contributed by atoms with Gasteiger partial charge in [-0.3, -0.25) is 9.59 Å². The summed E-state index contributed by atoms with van der Waals surface area (Å²) >= 11 is 1.14. The molecule has 0 aliphatic heterocycles. The molecule has 3 heterocycles. The van der Waals surface area contributed by atoms with Crippen molar-refractivity contribution < 1.29 is 27.2 Å². The van der Waals surface area contributed by atoms with Crippen LogP contribution in [0.1, 0.15) is 32.5 Å². The minimum absolute atomic E-state index is 0.00869. The van der Waals surface area contributed by atoms with Crippen LogP contribution in [0, 0.1) is 5.82 Å². The molecule has 13 heteroatoms. The summed E-state index contributed by atoms with van der Waals surface area (Å²) in [6.45, 7) is 1.02. The van der Waals surface area contributed by atoms with E-state index in [-0.39, 0.29) is 35.4 Å². The van der Waals surface area contributed by atoms with Crippen LogP contribution in [-0.4, -0.2) is 38.6 Å². The molecule has 182 valence electrons. The third-order valence-corrected chi connectivity index (χ3v) is 5.98. The lowest BCUT2D eigenvalue weighted by molar-refractivity contribution is -0.149. The lowest BCUT2D eigenvalue weighted by Crippen LogP contribution is -2.43. The molecule has 1 atom stereocenters. The Balaban J connectivity index is 1.58. The Morgan fingerprint density at radius 2 is 1.86 bits per heavy atom. The molecule has 8 nitrogen and oxygen atoms in total. The second-order valence-corrected chi connectivity index (χ2v) is 8.54. The molecule has 4 rings (SSSR count). The zero-order valence-electron chi connectivity index (χ0n) is 18.1. The van der Waals surface area contributed by atoms with Crippen molar-refractivity contribution >= 4 is 34.7 Å². The quantitative estimate of drug-likeness (QED) is 0.345. The van der Waals surface area contributed by atoms with Crippen LogP contribution in [0.25, 0.3) is 16.8 Å². The van der Waals surface area contributed by atoms with Gasteiger partial charge in [0.1, 0.15) is 11.9 Å². The largest absolute Gasteiger partial charge is 0.408 e. The summed E-state index contributed by atoms with van der Waals surface area (Å²) in [7, 11) is 0. The molecule has 1 aromatic carbocycles. The van der Waals surface area contributed by atoms with Gasteiger partial charge in [0.25, 0.3) is 11.8 Å². The summed E-state index contributed by atoms with van der Waals surface area (Å²) in [5, 5.41) is 10.3. The van der Waals surface area contributed by atoms with Crippen LogP contribution in [0.3, 0.4) is 0 Å². The van der Waals surface area contributed by atoms with E-state index in [9.17, 15) is 27.2 Å². The Hall–Kier alpha value is -4.00. The smallest absolute Gasteiger partial charge is 0.366 e. The van der Waals surface area contributed by atoms with E-state index in [1.807, 2.05) is 5.32 Å². The fourth-order valence-electron chi connectivity index (χ4n) is 3.16. The van der Waals surface area contributed by atoms with Crippen LogP contribution < -0.4 is 16.4 Å². The molecule has 0 aliphatic carbocycles. The van der Waals surface area contributed by atoms with Gasteiger partial charge in [-0.1, -0.05) is 12.1 Å². The number of nitrogens with one attached hydrogen (secondary N) is 2. The van der Waals surface area contributed by atoms with Crippen LogP contribution in [0.4, 0.5) is 23.5 Å². The lowest BCUT2D eigenvalue weighted by Gasteiger charge is -2.17. The Morgan fingerprint density at radius 1 is 1.14 bits per heavy atom. The maximum Gasteiger partial charge on any atom is 0.408 e. The van der Waals surface area contributed by atoms with Crippen molar-refractivity contribution in [1.82, 2.24) is 25.2 Å². The monoisotopic (exact) mass is 506 g/mol. The van der Waals surface area contributed by atoms with Gasteiger partial charge in [-0.15, -0.1) is 16.4 Å². The van der Waals surface area contributed by atoms with Gasteiger partial charge < -0.3 is 16.4 Å². The van der Waals surface area contributed by atoms with Gasteiger partial charge in [0.05, 0.1) is 10.4 Å². The average Bonchev–Trinajstić information content (AvgIpc) is 3.43. The number of carbonyl (C=O) groups is 2. The van der Waals surface area contributed by atoms with E-state index in [1.165, 1.54) is 28.9 Å². The van der Waals surface area contributed by atoms with Crippen molar-refractivity contribution in [1.29, 1.82) is 0 Å². The van der Waals surface area contributed by atoms with Crippen molar-refractivity contribution in [3.05, 3.63) is 69.8 Å². The van der Waals surface area contributed by atoms with Crippen molar-refractivity contribution in [2.75, 3.05) is 5.73 Å². The van der Waals surface area contributed by atoms with E-state index in [2.05, 4.69) is 15.4 Å². The topological polar surface area (TPSA) is 114 Å². The molecule has 0 saturated heterocycles. The highest BCUT2D eigenvalue weighted by Gasteiger charge is 2.37. The number of nitrogen functional groups attached to an aromatic ring is 1. The first-order valence-corrected chi connectivity index (χ1v) is 11.0. The molecule has 0 bridgehead atoms. The number of thiophene rings is 1. The van der Waals surface area contributed by atoms with E-state index >= 15 is 0 Å². The number of hydrogen-bond donors (Lipinski definition) is 3. The first-order chi connectivity index (χ1) is 16.5. The lowest BCUT2D eigenvalue weighted by atomic mass is 10.1. The van der Waals surface area contributed by atoms with Gasteiger partial charge in [-0.2, -0.15) is 18.2 Å². The molecule has 0 saturated carbocycles. The minimum Gasteiger partial charge on any atom is -0.366 e. The Morgan fingerprint density at radius 3 is 2.54 bits per heavy atom. The van der Waals surface area contributed by atoms with Crippen molar-refractivity contribution in [2.24, 2.45) is 0 Å². The second kappa shape index (κ2) is 9.33. The first kappa shape index (κ1) is 24.1. The van der Waals surface area contributed by atoms with Gasteiger partial charge in [0.15, 0.2) is 5.65 Å². The van der Waals surface area contributed by atoms with Crippen LogP contribution in [-0.2, 0) is 6.54 Å². The molecule has 4 aromatic rings. The summed E-state index contributed by atoms with van der Waals surface area (Å²) in [6, 6.07) is 6.55. The average molecular weight is 506 g/mol. The fourth-order valence-corrected chi connectivity index (χ4v) is 3.99. The molecule has 2 amide bonds. The molecule has 3 aromatic heterocycles. The first-order valence-electron chi connectivity index (χ1n) is 10.2. The Labute approximate surface area is 199 Å². The molecule has 4 N–H and O–H groups in total. The molecule has 0 spiro atoms.